The van der Waals surface area contributed by atoms with Gasteiger partial charge in [0.15, 0.2) is 10.9 Å². The van der Waals surface area contributed by atoms with Gasteiger partial charge in [0.25, 0.3) is 0 Å². The molecule has 0 atom stereocenters. The molecule has 0 bridgehead atoms. The van der Waals surface area contributed by atoms with Crippen molar-refractivity contribution in [3.63, 3.8) is 0 Å². The molecule has 2 heterocycles. The van der Waals surface area contributed by atoms with E-state index in [9.17, 15) is 4.79 Å². The smallest absolute Gasteiger partial charge is 0.234 e. The Hall–Kier alpha value is -3.36. The third kappa shape index (κ3) is 4.58. The summed E-state index contributed by atoms with van der Waals surface area (Å²) in [7, 11) is 0. The van der Waals surface area contributed by atoms with Gasteiger partial charge in [0.2, 0.25) is 11.7 Å². The largest absolute Gasteiger partial charge is 0.453 e. The highest BCUT2D eigenvalue weighted by atomic mass is 79.9. The highest BCUT2D eigenvalue weighted by molar-refractivity contribution is 9.10. The van der Waals surface area contributed by atoms with Gasteiger partial charge in [0.05, 0.1) is 5.75 Å². The van der Waals surface area contributed by atoms with Crippen molar-refractivity contribution in [2.24, 2.45) is 0 Å². The topological polar surface area (TPSA) is 73.0 Å². The van der Waals surface area contributed by atoms with Crippen LogP contribution in [0.2, 0.25) is 0 Å². The maximum Gasteiger partial charge on any atom is 0.234 e. The van der Waals surface area contributed by atoms with Gasteiger partial charge in [0, 0.05) is 22.1 Å². The standard InChI is InChI=1S/C25H19BrN4O2S/c1-2-11-30-24(22-14-18-12-19(26)8-10-21(18)32-22)28-29-25(30)33-15-23(31)27-20-9-7-16-5-3-4-6-17(16)13-20/h2-10,12-14H,1,11,15H2,(H,27,31). The zero-order chi connectivity index (χ0) is 22.8. The summed E-state index contributed by atoms with van der Waals surface area (Å²) in [5.41, 5.74) is 1.53. The molecule has 0 unspecified atom stereocenters. The number of nitrogens with one attached hydrogen (secondary N) is 1. The first-order chi connectivity index (χ1) is 16.1. The molecule has 0 radical (unpaired) electrons. The van der Waals surface area contributed by atoms with Crippen molar-refractivity contribution >= 4 is 61.0 Å². The van der Waals surface area contributed by atoms with Crippen LogP contribution in [0.15, 0.2) is 93.4 Å². The number of rotatable bonds is 7. The van der Waals surface area contributed by atoms with E-state index in [1.54, 1.807) is 6.08 Å². The lowest BCUT2D eigenvalue weighted by molar-refractivity contribution is -0.113. The molecule has 5 aromatic rings. The SMILES string of the molecule is C=CCn1c(SCC(=O)Nc2ccc3ccccc3c2)nnc1-c1cc2cc(Br)ccc2o1. The summed E-state index contributed by atoms with van der Waals surface area (Å²) in [5.74, 6) is 1.30. The minimum atomic E-state index is -0.112. The van der Waals surface area contributed by atoms with Crippen molar-refractivity contribution in [3.8, 4) is 11.6 Å². The van der Waals surface area contributed by atoms with Crippen LogP contribution in [-0.2, 0) is 11.3 Å². The molecule has 6 nitrogen and oxygen atoms in total. The van der Waals surface area contributed by atoms with Gasteiger partial charge in [-0.05, 0) is 47.2 Å². The summed E-state index contributed by atoms with van der Waals surface area (Å²) in [5, 5.41) is 15.4. The number of carbonyl (C=O) groups is 1. The summed E-state index contributed by atoms with van der Waals surface area (Å²) < 4.78 is 8.85. The van der Waals surface area contributed by atoms with Crippen LogP contribution < -0.4 is 5.32 Å². The molecule has 2 aromatic heterocycles. The van der Waals surface area contributed by atoms with Crippen molar-refractivity contribution in [2.75, 3.05) is 11.1 Å². The number of anilines is 1. The van der Waals surface area contributed by atoms with Crippen LogP contribution in [0, 0.1) is 0 Å². The zero-order valence-corrected chi connectivity index (χ0v) is 19.9. The average Bonchev–Trinajstić information content (AvgIpc) is 3.41. The average molecular weight is 519 g/mol. The Kier molecular flexibility index (Phi) is 6.02. The first-order valence-electron chi connectivity index (χ1n) is 10.3. The van der Waals surface area contributed by atoms with Crippen LogP contribution in [0.4, 0.5) is 5.69 Å². The highest BCUT2D eigenvalue weighted by Crippen LogP contribution is 2.31. The number of aromatic nitrogens is 3. The van der Waals surface area contributed by atoms with Crippen molar-refractivity contribution in [1.29, 1.82) is 0 Å². The molecule has 0 aliphatic rings. The first kappa shape index (κ1) is 21.5. The summed E-state index contributed by atoms with van der Waals surface area (Å²) >= 11 is 4.80. The number of furan rings is 1. The number of nitrogens with zero attached hydrogens (tertiary/aromatic N) is 3. The Morgan fingerprint density at radius 3 is 2.76 bits per heavy atom. The Balaban J connectivity index is 1.33. The van der Waals surface area contributed by atoms with E-state index in [4.69, 9.17) is 4.42 Å². The van der Waals surface area contributed by atoms with Crippen LogP contribution in [-0.4, -0.2) is 26.4 Å². The van der Waals surface area contributed by atoms with E-state index in [1.807, 2.05) is 71.3 Å². The minimum Gasteiger partial charge on any atom is -0.453 e. The molecule has 0 aliphatic carbocycles. The van der Waals surface area contributed by atoms with Crippen LogP contribution in [0.25, 0.3) is 33.3 Å². The van der Waals surface area contributed by atoms with Gasteiger partial charge < -0.3 is 9.73 Å². The lowest BCUT2D eigenvalue weighted by Gasteiger charge is -2.08. The molecule has 164 valence electrons. The van der Waals surface area contributed by atoms with Gasteiger partial charge in [0.1, 0.15) is 5.58 Å². The van der Waals surface area contributed by atoms with E-state index in [1.165, 1.54) is 11.8 Å². The summed E-state index contributed by atoms with van der Waals surface area (Å²) in [4.78, 5) is 12.6. The summed E-state index contributed by atoms with van der Waals surface area (Å²) in [6.07, 6.45) is 1.77. The summed E-state index contributed by atoms with van der Waals surface area (Å²) in [6, 6.07) is 21.7. The fraction of sp³-hybridized carbons (Fsp3) is 0.0800. The number of fused-ring (bicyclic) bond motifs is 2. The third-order valence-electron chi connectivity index (χ3n) is 5.09. The van der Waals surface area contributed by atoms with Gasteiger partial charge in [-0.25, -0.2) is 0 Å². The Bertz CT molecular complexity index is 1490. The van der Waals surface area contributed by atoms with Crippen molar-refractivity contribution in [3.05, 3.63) is 83.9 Å². The fourth-order valence-corrected chi connectivity index (χ4v) is 4.72. The molecule has 0 saturated carbocycles. The lowest BCUT2D eigenvalue weighted by atomic mass is 10.1. The predicted molar refractivity (Wildman–Crippen MR) is 136 cm³/mol. The second-order valence-electron chi connectivity index (χ2n) is 7.40. The maximum absolute atomic E-state index is 12.6. The number of amides is 1. The van der Waals surface area contributed by atoms with Gasteiger partial charge >= 0.3 is 0 Å². The zero-order valence-electron chi connectivity index (χ0n) is 17.5. The number of thioether (sulfide) groups is 1. The maximum atomic E-state index is 12.6. The summed E-state index contributed by atoms with van der Waals surface area (Å²) in [6.45, 7) is 4.34. The third-order valence-corrected chi connectivity index (χ3v) is 6.55. The number of benzene rings is 3. The number of allylic oxidation sites excluding steroid dienone is 1. The van der Waals surface area contributed by atoms with Crippen molar-refractivity contribution in [2.45, 2.75) is 11.7 Å². The molecule has 0 aliphatic heterocycles. The van der Waals surface area contributed by atoms with Crippen molar-refractivity contribution < 1.29 is 9.21 Å². The Morgan fingerprint density at radius 2 is 1.91 bits per heavy atom. The molecule has 5 rings (SSSR count). The molecule has 1 amide bonds. The predicted octanol–water partition coefficient (Wildman–Crippen LogP) is 6.52. The molecule has 33 heavy (non-hydrogen) atoms. The fourth-order valence-electron chi connectivity index (χ4n) is 3.59. The molecule has 0 fully saturated rings. The quantitative estimate of drug-likeness (QED) is 0.196. The molecule has 8 heteroatoms. The normalized spacial score (nSPS) is 11.2. The van der Waals surface area contributed by atoms with Crippen molar-refractivity contribution in [1.82, 2.24) is 14.8 Å². The molecule has 0 spiro atoms. The van der Waals surface area contributed by atoms with Gasteiger partial charge in [-0.3, -0.25) is 9.36 Å². The van der Waals surface area contributed by atoms with Gasteiger partial charge in [-0.1, -0.05) is 64.1 Å². The second-order valence-corrected chi connectivity index (χ2v) is 9.26. The van der Waals surface area contributed by atoms with Crippen LogP contribution in [0.3, 0.4) is 0 Å². The minimum absolute atomic E-state index is 0.112. The van der Waals surface area contributed by atoms with E-state index < -0.39 is 0 Å². The molecule has 0 saturated heterocycles. The highest BCUT2D eigenvalue weighted by Gasteiger charge is 2.18. The number of halogens is 1. The van der Waals surface area contributed by atoms with E-state index >= 15 is 0 Å². The number of carbonyl (C=O) groups excluding carboxylic acids is 1. The molecular formula is C25H19BrN4O2S. The number of hydrogen-bond acceptors (Lipinski definition) is 5. The van der Waals surface area contributed by atoms with E-state index in [-0.39, 0.29) is 11.7 Å². The Morgan fingerprint density at radius 1 is 1.06 bits per heavy atom. The monoisotopic (exact) mass is 518 g/mol. The number of hydrogen-bond donors (Lipinski definition) is 1. The van der Waals surface area contributed by atoms with Gasteiger partial charge in [-0.2, -0.15) is 0 Å². The van der Waals surface area contributed by atoms with Crippen LogP contribution >= 0.6 is 27.7 Å². The molecular weight excluding hydrogens is 500 g/mol. The van der Waals surface area contributed by atoms with E-state index in [0.717, 1.165) is 31.9 Å². The molecule has 3 aromatic carbocycles. The Labute approximate surface area is 202 Å². The first-order valence-corrected chi connectivity index (χ1v) is 12.0. The molecule has 1 N–H and O–H groups in total. The lowest BCUT2D eigenvalue weighted by Crippen LogP contribution is -2.14. The second kappa shape index (κ2) is 9.25. The van der Waals surface area contributed by atoms with Crippen LogP contribution in [0.5, 0.6) is 0 Å². The van der Waals surface area contributed by atoms with Gasteiger partial charge in [-0.15, -0.1) is 16.8 Å². The van der Waals surface area contributed by atoms with Crippen LogP contribution in [0.1, 0.15) is 0 Å². The van der Waals surface area contributed by atoms with E-state index in [2.05, 4.69) is 38.0 Å². The van der Waals surface area contributed by atoms with E-state index in [0.29, 0.717) is 23.3 Å².